The molecule has 0 fully saturated rings. The summed E-state index contributed by atoms with van der Waals surface area (Å²) in [5, 5.41) is 4.95. The molecular weight excluding hydrogens is 206 g/mol. The van der Waals surface area contributed by atoms with Crippen molar-refractivity contribution in [3.05, 3.63) is 23.9 Å². The molecule has 2 amide bonds. The fourth-order valence-corrected chi connectivity index (χ4v) is 1.10. The van der Waals surface area contributed by atoms with Crippen LogP contribution in [0.1, 0.15) is 18.9 Å². The van der Waals surface area contributed by atoms with Crippen molar-refractivity contribution in [2.75, 3.05) is 11.9 Å². The molecule has 0 saturated carbocycles. The van der Waals surface area contributed by atoms with Crippen molar-refractivity contribution < 1.29 is 9.59 Å². The molecule has 1 rings (SSSR count). The van der Waals surface area contributed by atoms with Crippen LogP contribution >= 0.6 is 0 Å². The average Bonchev–Trinajstić information content (AvgIpc) is 2.28. The van der Waals surface area contributed by atoms with Crippen molar-refractivity contribution in [2.24, 2.45) is 0 Å². The van der Waals surface area contributed by atoms with Gasteiger partial charge in [-0.2, -0.15) is 0 Å². The number of aromatic nitrogens is 1. The van der Waals surface area contributed by atoms with Crippen LogP contribution in [0.15, 0.2) is 18.3 Å². The molecule has 1 heterocycles. The van der Waals surface area contributed by atoms with Crippen molar-refractivity contribution in [2.45, 2.75) is 20.3 Å². The van der Waals surface area contributed by atoms with Crippen molar-refractivity contribution in [1.82, 2.24) is 10.3 Å². The zero-order chi connectivity index (χ0) is 12.0. The Balaban J connectivity index is 2.58. The molecule has 1 aromatic rings. The van der Waals surface area contributed by atoms with Gasteiger partial charge in [0.25, 0.3) is 0 Å². The molecule has 0 saturated heterocycles. The lowest BCUT2D eigenvalue weighted by molar-refractivity contribution is -0.136. The fraction of sp³-hybridized carbons (Fsp3) is 0.364. The highest BCUT2D eigenvalue weighted by molar-refractivity contribution is 6.39. The summed E-state index contributed by atoms with van der Waals surface area (Å²) < 4.78 is 0. The monoisotopic (exact) mass is 221 g/mol. The van der Waals surface area contributed by atoms with Gasteiger partial charge in [-0.25, -0.2) is 4.98 Å². The van der Waals surface area contributed by atoms with Crippen LogP contribution < -0.4 is 10.6 Å². The van der Waals surface area contributed by atoms with E-state index in [1.165, 1.54) is 0 Å². The molecular formula is C11H15N3O2. The Hall–Kier alpha value is -1.91. The third kappa shape index (κ3) is 3.34. The van der Waals surface area contributed by atoms with Crippen LogP contribution in [-0.4, -0.2) is 23.3 Å². The van der Waals surface area contributed by atoms with E-state index < -0.39 is 11.8 Å². The Kier molecular flexibility index (Phi) is 4.44. The number of nitrogens with one attached hydrogen (secondary N) is 2. The van der Waals surface area contributed by atoms with Crippen molar-refractivity contribution in [3.63, 3.8) is 0 Å². The minimum atomic E-state index is -0.685. The van der Waals surface area contributed by atoms with Crippen LogP contribution in [0.3, 0.4) is 0 Å². The molecule has 0 aliphatic rings. The molecule has 2 N–H and O–H groups in total. The number of hydrogen-bond donors (Lipinski definition) is 2. The van der Waals surface area contributed by atoms with Crippen LogP contribution in [-0.2, 0) is 9.59 Å². The Labute approximate surface area is 94.3 Å². The molecule has 0 radical (unpaired) electrons. The minimum absolute atomic E-state index is 0.416. The molecule has 5 nitrogen and oxygen atoms in total. The fourth-order valence-electron chi connectivity index (χ4n) is 1.10. The van der Waals surface area contributed by atoms with Gasteiger partial charge in [0.05, 0.1) is 0 Å². The van der Waals surface area contributed by atoms with Crippen LogP contribution in [0.25, 0.3) is 0 Å². The molecule has 5 heteroatoms. The van der Waals surface area contributed by atoms with Gasteiger partial charge >= 0.3 is 11.8 Å². The Morgan fingerprint density at radius 2 is 2.12 bits per heavy atom. The van der Waals surface area contributed by atoms with E-state index in [0.717, 1.165) is 12.0 Å². The third-order valence-corrected chi connectivity index (χ3v) is 1.98. The number of pyridine rings is 1. The lowest BCUT2D eigenvalue weighted by Gasteiger charge is -2.06. The normalized spacial score (nSPS) is 9.62. The average molecular weight is 221 g/mol. The number of aryl methyl sites for hydroxylation is 1. The number of hydrogen-bond acceptors (Lipinski definition) is 3. The third-order valence-electron chi connectivity index (χ3n) is 1.98. The van der Waals surface area contributed by atoms with E-state index in [1.54, 1.807) is 12.3 Å². The lowest BCUT2D eigenvalue weighted by atomic mass is 10.3. The number of amides is 2. The first-order valence-electron chi connectivity index (χ1n) is 5.16. The second-order valence-corrected chi connectivity index (χ2v) is 3.38. The van der Waals surface area contributed by atoms with E-state index in [4.69, 9.17) is 0 Å². The SMILES string of the molecule is CCCNC(=O)C(=O)Nc1ncccc1C. The highest BCUT2D eigenvalue weighted by Crippen LogP contribution is 2.08. The Morgan fingerprint density at radius 3 is 2.75 bits per heavy atom. The van der Waals surface area contributed by atoms with Gasteiger partial charge in [-0.3, -0.25) is 9.59 Å². The van der Waals surface area contributed by atoms with Gasteiger partial charge in [0.1, 0.15) is 5.82 Å². The molecule has 0 spiro atoms. The van der Waals surface area contributed by atoms with Crippen LogP contribution in [0.5, 0.6) is 0 Å². The molecule has 86 valence electrons. The van der Waals surface area contributed by atoms with E-state index in [2.05, 4.69) is 15.6 Å². The molecule has 0 unspecified atom stereocenters. The minimum Gasteiger partial charge on any atom is -0.348 e. The van der Waals surface area contributed by atoms with E-state index >= 15 is 0 Å². The molecule has 16 heavy (non-hydrogen) atoms. The zero-order valence-electron chi connectivity index (χ0n) is 9.41. The summed E-state index contributed by atoms with van der Waals surface area (Å²) in [6, 6.07) is 3.58. The maximum atomic E-state index is 11.4. The van der Waals surface area contributed by atoms with Crippen molar-refractivity contribution >= 4 is 17.6 Å². The quantitative estimate of drug-likeness (QED) is 0.743. The Bertz CT molecular complexity index is 391. The lowest BCUT2D eigenvalue weighted by Crippen LogP contribution is -2.36. The van der Waals surface area contributed by atoms with E-state index in [9.17, 15) is 9.59 Å². The van der Waals surface area contributed by atoms with Crippen LogP contribution in [0.2, 0.25) is 0 Å². The topological polar surface area (TPSA) is 71.1 Å². The van der Waals surface area contributed by atoms with E-state index in [0.29, 0.717) is 12.4 Å². The van der Waals surface area contributed by atoms with Gasteiger partial charge in [-0.05, 0) is 25.0 Å². The summed E-state index contributed by atoms with van der Waals surface area (Å²) in [6.45, 7) is 4.22. The van der Waals surface area contributed by atoms with E-state index in [-0.39, 0.29) is 0 Å². The number of rotatable bonds is 3. The highest BCUT2D eigenvalue weighted by atomic mass is 16.2. The molecule has 0 aromatic carbocycles. The first kappa shape index (κ1) is 12.2. The molecule has 0 bridgehead atoms. The number of carbonyl (C=O) groups excluding carboxylic acids is 2. The molecule has 0 aliphatic heterocycles. The van der Waals surface area contributed by atoms with E-state index in [1.807, 2.05) is 19.9 Å². The van der Waals surface area contributed by atoms with Gasteiger partial charge in [0.2, 0.25) is 0 Å². The number of nitrogens with zero attached hydrogens (tertiary/aromatic N) is 1. The zero-order valence-corrected chi connectivity index (χ0v) is 9.41. The largest absolute Gasteiger partial charge is 0.348 e. The first-order chi connectivity index (χ1) is 7.65. The Morgan fingerprint density at radius 1 is 1.38 bits per heavy atom. The van der Waals surface area contributed by atoms with Crippen molar-refractivity contribution in [1.29, 1.82) is 0 Å². The maximum absolute atomic E-state index is 11.4. The maximum Gasteiger partial charge on any atom is 0.314 e. The van der Waals surface area contributed by atoms with Gasteiger partial charge in [0, 0.05) is 12.7 Å². The number of carbonyl (C=O) groups is 2. The predicted molar refractivity (Wildman–Crippen MR) is 60.9 cm³/mol. The molecule has 0 atom stereocenters. The van der Waals surface area contributed by atoms with Crippen LogP contribution in [0, 0.1) is 6.92 Å². The summed E-state index contributed by atoms with van der Waals surface area (Å²) in [5.41, 5.74) is 0.819. The summed E-state index contributed by atoms with van der Waals surface area (Å²) in [6.07, 6.45) is 2.36. The predicted octanol–water partition coefficient (Wildman–Crippen LogP) is 0.855. The van der Waals surface area contributed by atoms with Gasteiger partial charge in [0.15, 0.2) is 0 Å². The first-order valence-corrected chi connectivity index (χ1v) is 5.16. The van der Waals surface area contributed by atoms with Crippen molar-refractivity contribution in [3.8, 4) is 0 Å². The van der Waals surface area contributed by atoms with Gasteiger partial charge < -0.3 is 10.6 Å². The number of anilines is 1. The standard InChI is InChI=1S/C11H15N3O2/c1-3-6-13-10(15)11(16)14-9-8(2)5-4-7-12-9/h4-5,7H,3,6H2,1-2H3,(H,13,15)(H,12,14,16). The smallest absolute Gasteiger partial charge is 0.314 e. The van der Waals surface area contributed by atoms with Crippen LogP contribution in [0.4, 0.5) is 5.82 Å². The second kappa shape index (κ2) is 5.85. The van der Waals surface area contributed by atoms with Gasteiger partial charge in [-0.15, -0.1) is 0 Å². The molecule has 1 aromatic heterocycles. The second-order valence-electron chi connectivity index (χ2n) is 3.38. The highest BCUT2D eigenvalue weighted by Gasteiger charge is 2.13. The van der Waals surface area contributed by atoms with Gasteiger partial charge in [-0.1, -0.05) is 13.0 Å². The summed E-state index contributed by atoms with van der Waals surface area (Å²) >= 11 is 0. The summed E-state index contributed by atoms with van der Waals surface area (Å²) in [5.74, 6) is -0.902. The summed E-state index contributed by atoms with van der Waals surface area (Å²) in [7, 11) is 0. The molecule has 0 aliphatic carbocycles. The summed E-state index contributed by atoms with van der Waals surface area (Å²) in [4.78, 5) is 26.6.